The molecule has 20 heavy (non-hydrogen) atoms. The van der Waals surface area contributed by atoms with Crippen molar-refractivity contribution in [2.24, 2.45) is 0 Å². The molecule has 1 aliphatic heterocycles. The van der Waals surface area contributed by atoms with Gasteiger partial charge in [0.15, 0.2) is 6.10 Å². The fourth-order valence-electron chi connectivity index (χ4n) is 2.40. The Morgan fingerprint density at radius 2 is 2.10 bits per heavy atom. The van der Waals surface area contributed by atoms with Gasteiger partial charge in [-0.2, -0.15) is 0 Å². The predicted molar refractivity (Wildman–Crippen MR) is 77.9 cm³/mol. The van der Waals surface area contributed by atoms with Gasteiger partial charge in [0.25, 0.3) is 5.91 Å². The van der Waals surface area contributed by atoms with Crippen molar-refractivity contribution in [1.82, 2.24) is 4.90 Å². The quantitative estimate of drug-likeness (QED) is 0.929. The van der Waals surface area contributed by atoms with E-state index < -0.39 is 6.10 Å². The molecule has 1 unspecified atom stereocenters. The van der Waals surface area contributed by atoms with Gasteiger partial charge in [-0.15, -0.1) is 0 Å². The maximum Gasteiger partial charge on any atom is 0.263 e. The van der Waals surface area contributed by atoms with Gasteiger partial charge in [0.1, 0.15) is 5.75 Å². The molecule has 1 amide bonds. The van der Waals surface area contributed by atoms with Crippen molar-refractivity contribution in [2.75, 3.05) is 13.1 Å². The van der Waals surface area contributed by atoms with E-state index >= 15 is 0 Å². The summed E-state index contributed by atoms with van der Waals surface area (Å²) in [7, 11) is 0. The number of aliphatic hydroxyl groups is 1. The van der Waals surface area contributed by atoms with E-state index in [4.69, 9.17) is 16.3 Å². The van der Waals surface area contributed by atoms with E-state index in [2.05, 4.69) is 0 Å². The number of rotatable bonds is 4. The average molecular weight is 298 g/mol. The maximum absolute atomic E-state index is 12.3. The number of amides is 1. The molecule has 1 atom stereocenters. The molecular weight excluding hydrogens is 278 g/mol. The van der Waals surface area contributed by atoms with Crippen molar-refractivity contribution in [3.8, 4) is 5.75 Å². The zero-order valence-electron chi connectivity index (χ0n) is 11.6. The van der Waals surface area contributed by atoms with Gasteiger partial charge in [0, 0.05) is 23.7 Å². The standard InChI is InChI=1S/C15H20ClNO3/c1-11(15(19)17-7-3-2-4-8-17)20-14-6-5-13(16)9-12(14)10-18/h5-6,9,11,18H,2-4,7-8,10H2,1H3. The molecule has 0 bridgehead atoms. The lowest BCUT2D eigenvalue weighted by atomic mass is 10.1. The Bertz CT molecular complexity index is 472. The number of aliphatic hydroxyl groups excluding tert-OH is 1. The number of halogens is 1. The second kappa shape index (κ2) is 6.95. The molecule has 1 aromatic rings. The molecule has 0 aliphatic carbocycles. The van der Waals surface area contributed by atoms with Crippen LogP contribution in [0.15, 0.2) is 18.2 Å². The van der Waals surface area contributed by atoms with Crippen LogP contribution in [0.2, 0.25) is 5.02 Å². The van der Waals surface area contributed by atoms with Gasteiger partial charge in [-0.25, -0.2) is 0 Å². The zero-order valence-corrected chi connectivity index (χ0v) is 12.4. The number of nitrogens with zero attached hydrogens (tertiary/aromatic N) is 1. The van der Waals surface area contributed by atoms with E-state index in [0.717, 1.165) is 25.9 Å². The molecule has 1 N–H and O–H groups in total. The minimum atomic E-state index is -0.556. The third-order valence-electron chi connectivity index (χ3n) is 3.51. The molecule has 1 aliphatic rings. The van der Waals surface area contributed by atoms with E-state index in [1.165, 1.54) is 6.42 Å². The van der Waals surface area contributed by atoms with Gasteiger partial charge in [-0.05, 0) is 44.4 Å². The molecule has 2 rings (SSSR count). The van der Waals surface area contributed by atoms with Crippen LogP contribution in [0.3, 0.4) is 0 Å². The van der Waals surface area contributed by atoms with E-state index in [9.17, 15) is 9.90 Å². The smallest absolute Gasteiger partial charge is 0.263 e. The summed E-state index contributed by atoms with van der Waals surface area (Å²) in [6.07, 6.45) is 2.74. The van der Waals surface area contributed by atoms with Crippen LogP contribution < -0.4 is 4.74 Å². The summed E-state index contributed by atoms with van der Waals surface area (Å²) < 4.78 is 5.70. The molecule has 0 radical (unpaired) electrons. The Kier molecular flexibility index (Phi) is 5.26. The van der Waals surface area contributed by atoms with Gasteiger partial charge in [0.2, 0.25) is 0 Å². The Balaban J connectivity index is 2.03. The van der Waals surface area contributed by atoms with Gasteiger partial charge < -0.3 is 14.7 Å². The summed E-state index contributed by atoms with van der Waals surface area (Å²) in [5.41, 5.74) is 0.593. The van der Waals surface area contributed by atoms with E-state index in [0.29, 0.717) is 16.3 Å². The van der Waals surface area contributed by atoms with Crippen LogP contribution in [-0.2, 0) is 11.4 Å². The van der Waals surface area contributed by atoms with Crippen molar-refractivity contribution < 1.29 is 14.6 Å². The summed E-state index contributed by atoms with van der Waals surface area (Å²) in [4.78, 5) is 14.1. The lowest BCUT2D eigenvalue weighted by Crippen LogP contribution is -2.43. The van der Waals surface area contributed by atoms with Gasteiger partial charge in [0.05, 0.1) is 6.61 Å². The Hall–Kier alpha value is -1.26. The highest BCUT2D eigenvalue weighted by molar-refractivity contribution is 6.30. The third kappa shape index (κ3) is 3.64. The molecule has 1 saturated heterocycles. The van der Waals surface area contributed by atoms with Crippen LogP contribution in [0.5, 0.6) is 5.75 Å². The number of hydrogen-bond acceptors (Lipinski definition) is 3. The molecule has 0 aromatic heterocycles. The van der Waals surface area contributed by atoms with Gasteiger partial charge in [-0.3, -0.25) is 4.79 Å². The van der Waals surface area contributed by atoms with Crippen molar-refractivity contribution in [1.29, 1.82) is 0 Å². The fourth-order valence-corrected chi connectivity index (χ4v) is 2.59. The highest BCUT2D eigenvalue weighted by atomic mass is 35.5. The van der Waals surface area contributed by atoms with E-state index in [1.54, 1.807) is 25.1 Å². The topological polar surface area (TPSA) is 49.8 Å². The molecule has 1 heterocycles. The minimum absolute atomic E-state index is 0.00328. The Morgan fingerprint density at radius 3 is 2.75 bits per heavy atom. The van der Waals surface area contributed by atoms with Crippen LogP contribution in [-0.4, -0.2) is 35.1 Å². The zero-order chi connectivity index (χ0) is 14.5. The maximum atomic E-state index is 12.3. The first kappa shape index (κ1) is 15.1. The normalized spacial score (nSPS) is 16.9. The van der Waals surface area contributed by atoms with Crippen LogP contribution in [0.4, 0.5) is 0 Å². The molecule has 0 spiro atoms. The highest BCUT2D eigenvalue weighted by Gasteiger charge is 2.24. The van der Waals surface area contributed by atoms with Crippen LogP contribution in [0.1, 0.15) is 31.7 Å². The first-order chi connectivity index (χ1) is 9.61. The van der Waals surface area contributed by atoms with Gasteiger partial charge in [-0.1, -0.05) is 11.6 Å². The molecular formula is C15H20ClNO3. The van der Waals surface area contributed by atoms with Crippen LogP contribution in [0.25, 0.3) is 0 Å². The third-order valence-corrected chi connectivity index (χ3v) is 3.75. The number of carbonyl (C=O) groups is 1. The lowest BCUT2D eigenvalue weighted by molar-refractivity contribution is -0.138. The van der Waals surface area contributed by atoms with Crippen LogP contribution in [0, 0.1) is 0 Å². The molecule has 110 valence electrons. The van der Waals surface area contributed by atoms with Crippen molar-refractivity contribution >= 4 is 17.5 Å². The lowest BCUT2D eigenvalue weighted by Gasteiger charge is -2.29. The summed E-state index contributed by atoms with van der Waals surface area (Å²) in [5.74, 6) is 0.512. The summed E-state index contributed by atoms with van der Waals surface area (Å²) in [6, 6.07) is 5.02. The molecule has 1 fully saturated rings. The first-order valence-corrected chi connectivity index (χ1v) is 7.34. The highest BCUT2D eigenvalue weighted by Crippen LogP contribution is 2.24. The molecule has 0 saturated carbocycles. The average Bonchev–Trinajstić information content (AvgIpc) is 2.49. The molecule has 4 nitrogen and oxygen atoms in total. The SMILES string of the molecule is CC(Oc1ccc(Cl)cc1CO)C(=O)N1CCCCC1. The Morgan fingerprint density at radius 1 is 1.40 bits per heavy atom. The number of likely N-dealkylation sites (tertiary alicyclic amines) is 1. The van der Waals surface area contributed by atoms with Crippen molar-refractivity contribution in [3.63, 3.8) is 0 Å². The largest absolute Gasteiger partial charge is 0.481 e. The van der Waals surface area contributed by atoms with Crippen molar-refractivity contribution in [3.05, 3.63) is 28.8 Å². The summed E-state index contributed by atoms with van der Waals surface area (Å²) >= 11 is 5.87. The number of carbonyl (C=O) groups excluding carboxylic acids is 1. The van der Waals surface area contributed by atoms with Crippen molar-refractivity contribution in [2.45, 2.75) is 38.9 Å². The summed E-state index contributed by atoms with van der Waals surface area (Å²) in [6.45, 7) is 3.19. The number of hydrogen-bond donors (Lipinski definition) is 1. The number of piperidine rings is 1. The molecule has 5 heteroatoms. The first-order valence-electron chi connectivity index (χ1n) is 6.96. The molecule has 1 aromatic carbocycles. The number of ether oxygens (including phenoxy) is 1. The van der Waals surface area contributed by atoms with E-state index in [-0.39, 0.29) is 12.5 Å². The monoisotopic (exact) mass is 297 g/mol. The fraction of sp³-hybridized carbons (Fsp3) is 0.533. The number of benzene rings is 1. The summed E-state index contributed by atoms with van der Waals surface area (Å²) in [5, 5.41) is 9.85. The van der Waals surface area contributed by atoms with Gasteiger partial charge >= 0.3 is 0 Å². The Labute approximate surface area is 124 Å². The second-order valence-corrected chi connectivity index (χ2v) is 5.49. The second-order valence-electron chi connectivity index (χ2n) is 5.06. The predicted octanol–water partition coefficient (Wildman–Crippen LogP) is 2.61. The van der Waals surface area contributed by atoms with E-state index in [1.807, 2.05) is 4.90 Å². The van der Waals surface area contributed by atoms with Crippen LogP contribution >= 0.6 is 11.6 Å². The minimum Gasteiger partial charge on any atom is -0.481 e.